The number of carbonyl (C=O) groups excluding carboxylic acids is 1. The Bertz CT molecular complexity index is 141. The minimum Gasteiger partial charge on any atom is -0.303 e. The Balaban J connectivity index is 2.33. The summed E-state index contributed by atoms with van der Waals surface area (Å²) >= 11 is 1.94. The fourth-order valence-corrected chi connectivity index (χ4v) is 2.19. The van der Waals surface area contributed by atoms with E-state index in [9.17, 15) is 4.79 Å². The molecule has 0 aromatic rings. The summed E-state index contributed by atoms with van der Waals surface area (Å²) in [6, 6.07) is 0. The monoisotopic (exact) mass is 173 g/mol. The van der Waals surface area contributed by atoms with E-state index in [2.05, 4.69) is 4.90 Å². The molecule has 0 N–H and O–H groups in total. The molecular formula is C8H15NOS. The first kappa shape index (κ1) is 9.07. The zero-order chi connectivity index (χ0) is 8.32. The van der Waals surface area contributed by atoms with Crippen LogP contribution in [0.25, 0.3) is 0 Å². The highest BCUT2D eigenvalue weighted by Crippen LogP contribution is 2.19. The lowest BCUT2D eigenvalue weighted by atomic mass is 9.95. The Hall–Kier alpha value is -0.0200. The third kappa shape index (κ3) is 2.83. The maximum Gasteiger partial charge on any atom is 0.126 e. The Morgan fingerprint density at radius 1 is 1.64 bits per heavy atom. The lowest BCUT2D eigenvalue weighted by Crippen LogP contribution is -2.33. The summed E-state index contributed by atoms with van der Waals surface area (Å²) in [5.74, 6) is 2.31. The van der Waals surface area contributed by atoms with Crippen molar-refractivity contribution in [1.82, 2.24) is 4.90 Å². The van der Waals surface area contributed by atoms with Crippen LogP contribution in [0.15, 0.2) is 0 Å². The van der Waals surface area contributed by atoms with E-state index in [4.69, 9.17) is 0 Å². The van der Waals surface area contributed by atoms with E-state index in [0.29, 0.717) is 0 Å². The maximum atomic E-state index is 10.6. The molecule has 0 amide bonds. The molecule has 0 radical (unpaired) electrons. The standard InChI is InChI=1S/C8H15NOS/c1-8(2,6-10)5-9-3-4-11-7-9/h6H,3-5,7H2,1-2H3. The van der Waals surface area contributed by atoms with Gasteiger partial charge in [0.15, 0.2) is 0 Å². The van der Waals surface area contributed by atoms with Crippen molar-refractivity contribution in [2.45, 2.75) is 13.8 Å². The molecule has 1 fully saturated rings. The van der Waals surface area contributed by atoms with Gasteiger partial charge in [-0.25, -0.2) is 0 Å². The molecule has 0 aromatic heterocycles. The van der Waals surface area contributed by atoms with Crippen LogP contribution in [0.5, 0.6) is 0 Å². The van der Waals surface area contributed by atoms with Crippen molar-refractivity contribution >= 4 is 18.0 Å². The molecule has 64 valence electrons. The second kappa shape index (κ2) is 3.59. The van der Waals surface area contributed by atoms with Gasteiger partial charge in [-0.3, -0.25) is 4.90 Å². The topological polar surface area (TPSA) is 20.3 Å². The van der Waals surface area contributed by atoms with Crippen LogP contribution >= 0.6 is 11.8 Å². The Labute approximate surface area is 72.3 Å². The van der Waals surface area contributed by atoms with Crippen LogP contribution in [0.4, 0.5) is 0 Å². The lowest BCUT2D eigenvalue weighted by Gasteiger charge is -2.23. The number of hydrogen-bond acceptors (Lipinski definition) is 3. The summed E-state index contributed by atoms with van der Waals surface area (Å²) in [7, 11) is 0. The van der Waals surface area contributed by atoms with E-state index in [-0.39, 0.29) is 5.41 Å². The van der Waals surface area contributed by atoms with Gasteiger partial charge in [0.25, 0.3) is 0 Å². The van der Waals surface area contributed by atoms with Gasteiger partial charge in [0.2, 0.25) is 0 Å². The smallest absolute Gasteiger partial charge is 0.126 e. The number of carbonyl (C=O) groups is 1. The molecule has 0 aromatic carbocycles. The van der Waals surface area contributed by atoms with Gasteiger partial charge < -0.3 is 4.79 Å². The summed E-state index contributed by atoms with van der Waals surface area (Å²) in [6.45, 7) is 6.03. The van der Waals surface area contributed by atoms with Crippen molar-refractivity contribution < 1.29 is 4.79 Å². The van der Waals surface area contributed by atoms with Gasteiger partial charge in [0.05, 0.1) is 0 Å². The second-order valence-electron chi connectivity index (χ2n) is 3.70. The van der Waals surface area contributed by atoms with Crippen molar-refractivity contribution in [3.63, 3.8) is 0 Å². The number of hydrogen-bond donors (Lipinski definition) is 0. The van der Waals surface area contributed by atoms with Gasteiger partial charge in [-0.1, -0.05) is 13.8 Å². The average molecular weight is 173 g/mol. The summed E-state index contributed by atoms with van der Waals surface area (Å²) in [6.07, 6.45) is 1.05. The highest BCUT2D eigenvalue weighted by molar-refractivity contribution is 7.99. The van der Waals surface area contributed by atoms with Crippen LogP contribution < -0.4 is 0 Å². The average Bonchev–Trinajstić information content (AvgIpc) is 2.39. The van der Waals surface area contributed by atoms with Crippen molar-refractivity contribution in [2.24, 2.45) is 5.41 Å². The predicted molar refractivity (Wildman–Crippen MR) is 48.7 cm³/mol. The molecular weight excluding hydrogens is 158 g/mol. The van der Waals surface area contributed by atoms with E-state index < -0.39 is 0 Å². The summed E-state index contributed by atoms with van der Waals surface area (Å²) in [5.41, 5.74) is -0.162. The number of thioether (sulfide) groups is 1. The van der Waals surface area contributed by atoms with Crippen LogP contribution in [0.2, 0.25) is 0 Å². The van der Waals surface area contributed by atoms with Gasteiger partial charge in [0.1, 0.15) is 6.29 Å². The molecule has 0 saturated carbocycles. The van der Waals surface area contributed by atoms with E-state index >= 15 is 0 Å². The quantitative estimate of drug-likeness (QED) is 0.598. The first-order valence-corrected chi connectivity index (χ1v) is 5.06. The fraction of sp³-hybridized carbons (Fsp3) is 0.875. The lowest BCUT2D eigenvalue weighted by molar-refractivity contribution is -0.115. The molecule has 0 aliphatic carbocycles. The SMILES string of the molecule is CC(C)(C=O)CN1CCSC1. The Kier molecular flexibility index (Phi) is 2.96. The summed E-state index contributed by atoms with van der Waals surface area (Å²) in [5, 5.41) is 0. The molecule has 1 rings (SSSR count). The fourth-order valence-electron chi connectivity index (χ4n) is 1.19. The van der Waals surface area contributed by atoms with Crippen LogP contribution in [0, 0.1) is 5.41 Å². The molecule has 2 nitrogen and oxygen atoms in total. The van der Waals surface area contributed by atoms with E-state index in [1.165, 1.54) is 5.75 Å². The Morgan fingerprint density at radius 3 is 2.82 bits per heavy atom. The molecule has 1 aliphatic heterocycles. The molecule has 1 heterocycles. The van der Waals surface area contributed by atoms with Crippen LogP contribution in [0.1, 0.15) is 13.8 Å². The molecule has 1 saturated heterocycles. The first-order valence-electron chi connectivity index (χ1n) is 3.90. The molecule has 0 atom stereocenters. The normalized spacial score (nSPS) is 20.5. The van der Waals surface area contributed by atoms with E-state index in [0.717, 1.165) is 25.3 Å². The van der Waals surface area contributed by atoms with E-state index in [1.807, 2.05) is 25.6 Å². The zero-order valence-corrected chi connectivity index (χ0v) is 7.99. The van der Waals surface area contributed by atoms with Crippen molar-refractivity contribution in [3.8, 4) is 0 Å². The number of aldehydes is 1. The van der Waals surface area contributed by atoms with Gasteiger partial charge in [0, 0.05) is 30.1 Å². The van der Waals surface area contributed by atoms with Crippen LogP contribution in [-0.4, -0.2) is 35.9 Å². The molecule has 0 spiro atoms. The molecule has 0 bridgehead atoms. The molecule has 1 aliphatic rings. The minimum absolute atomic E-state index is 0.162. The predicted octanol–water partition coefficient (Wildman–Crippen LogP) is 1.22. The highest BCUT2D eigenvalue weighted by atomic mass is 32.2. The zero-order valence-electron chi connectivity index (χ0n) is 7.17. The maximum absolute atomic E-state index is 10.6. The van der Waals surface area contributed by atoms with Crippen molar-refractivity contribution in [2.75, 3.05) is 24.7 Å². The third-order valence-corrected chi connectivity index (χ3v) is 2.79. The van der Waals surface area contributed by atoms with Gasteiger partial charge >= 0.3 is 0 Å². The van der Waals surface area contributed by atoms with Crippen LogP contribution in [0.3, 0.4) is 0 Å². The van der Waals surface area contributed by atoms with Crippen LogP contribution in [-0.2, 0) is 4.79 Å². The molecule has 0 unspecified atom stereocenters. The van der Waals surface area contributed by atoms with Crippen molar-refractivity contribution in [3.05, 3.63) is 0 Å². The van der Waals surface area contributed by atoms with Crippen molar-refractivity contribution in [1.29, 1.82) is 0 Å². The molecule has 3 heteroatoms. The highest BCUT2D eigenvalue weighted by Gasteiger charge is 2.22. The summed E-state index contributed by atoms with van der Waals surface area (Å²) < 4.78 is 0. The Morgan fingerprint density at radius 2 is 2.36 bits per heavy atom. The summed E-state index contributed by atoms with van der Waals surface area (Å²) in [4.78, 5) is 12.9. The van der Waals surface area contributed by atoms with Gasteiger partial charge in [-0.15, -0.1) is 11.8 Å². The van der Waals surface area contributed by atoms with Gasteiger partial charge in [-0.05, 0) is 0 Å². The molecule has 11 heavy (non-hydrogen) atoms. The van der Waals surface area contributed by atoms with Gasteiger partial charge in [-0.2, -0.15) is 0 Å². The largest absolute Gasteiger partial charge is 0.303 e. The third-order valence-electron chi connectivity index (χ3n) is 1.78. The first-order chi connectivity index (χ1) is 5.14. The number of rotatable bonds is 3. The second-order valence-corrected chi connectivity index (χ2v) is 4.77. The minimum atomic E-state index is -0.162. The number of nitrogens with zero attached hydrogens (tertiary/aromatic N) is 1. The van der Waals surface area contributed by atoms with E-state index in [1.54, 1.807) is 0 Å².